The molecule has 1 aromatic heterocycles. The van der Waals surface area contributed by atoms with Crippen molar-refractivity contribution in [3.8, 4) is 0 Å². The number of benzene rings is 1. The number of carbonyl (C=O) groups is 3. The van der Waals surface area contributed by atoms with Crippen LogP contribution in [0.2, 0.25) is 0 Å². The van der Waals surface area contributed by atoms with E-state index in [4.69, 9.17) is 9.57 Å². The normalized spacial score (nSPS) is 18.7. The predicted molar refractivity (Wildman–Crippen MR) is 112 cm³/mol. The number of Topliss-reactive ketones (excluding diaryl/α,β-unsaturated/α-hetero) is 1. The first kappa shape index (κ1) is 24.4. The highest BCUT2D eigenvalue weighted by molar-refractivity contribution is 5.90. The minimum Gasteiger partial charge on any atom is -0.444 e. The predicted octanol–water partition coefficient (Wildman–Crippen LogP) is 1.03. The maximum atomic E-state index is 15.0. The number of hydrogen-bond acceptors (Lipinski definition) is 9. The zero-order valence-corrected chi connectivity index (χ0v) is 18.4. The van der Waals surface area contributed by atoms with E-state index in [1.807, 2.05) is 0 Å². The second-order valence-corrected chi connectivity index (χ2v) is 7.84. The van der Waals surface area contributed by atoms with Gasteiger partial charge in [-0.3, -0.25) is 19.3 Å². The minimum absolute atomic E-state index is 0.0173. The molecule has 3 heterocycles. The van der Waals surface area contributed by atoms with Crippen LogP contribution in [0.5, 0.6) is 0 Å². The molecule has 0 spiro atoms. The molecule has 188 valence electrons. The number of cyclic esters (lactones) is 1. The van der Waals surface area contributed by atoms with Gasteiger partial charge in [-0.15, -0.1) is 10.2 Å². The molecule has 0 N–H and O–H groups in total. The quantitative estimate of drug-likeness (QED) is 0.526. The summed E-state index contributed by atoms with van der Waals surface area (Å²) in [4.78, 5) is 45.2. The van der Waals surface area contributed by atoms with Gasteiger partial charge < -0.3 is 9.64 Å². The van der Waals surface area contributed by atoms with Gasteiger partial charge in [-0.1, -0.05) is 0 Å². The van der Waals surface area contributed by atoms with Gasteiger partial charge in [-0.2, -0.15) is 4.80 Å². The average Bonchev–Trinajstić information content (AvgIpc) is 3.39. The number of rotatable bonds is 8. The van der Waals surface area contributed by atoms with Crippen LogP contribution in [0.15, 0.2) is 24.5 Å². The van der Waals surface area contributed by atoms with Gasteiger partial charge >= 0.3 is 6.09 Å². The van der Waals surface area contributed by atoms with Crippen LogP contribution in [-0.4, -0.2) is 88.4 Å². The number of anilines is 2. The number of amides is 2. The lowest BCUT2D eigenvalue weighted by molar-refractivity contribution is -0.183. The lowest BCUT2D eigenvalue weighted by Gasteiger charge is -2.23. The third-order valence-electron chi connectivity index (χ3n) is 5.54. The molecule has 2 aliphatic heterocycles. The second kappa shape index (κ2) is 10.7. The van der Waals surface area contributed by atoms with Crippen molar-refractivity contribution in [1.82, 2.24) is 25.3 Å². The molecule has 2 fully saturated rings. The van der Waals surface area contributed by atoms with Crippen LogP contribution in [0.25, 0.3) is 0 Å². The molecule has 4 rings (SSSR count). The molecule has 2 aliphatic rings. The molecule has 2 amide bonds. The van der Waals surface area contributed by atoms with E-state index in [1.54, 1.807) is 4.90 Å². The van der Waals surface area contributed by atoms with Gasteiger partial charge in [0, 0.05) is 19.5 Å². The van der Waals surface area contributed by atoms with Crippen LogP contribution in [0.3, 0.4) is 0 Å². The van der Waals surface area contributed by atoms with Crippen molar-refractivity contribution in [1.29, 1.82) is 0 Å². The Morgan fingerprint density at radius 3 is 2.74 bits per heavy atom. The zero-order chi connectivity index (χ0) is 24.9. The highest BCUT2D eigenvalue weighted by Crippen LogP contribution is 2.29. The summed E-state index contributed by atoms with van der Waals surface area (Å²) in [6.07, 6.45) is -3.80. The first-order chi connectivity index (χ1) is 16.8. The van der Waals surface area contributed by atoms with E-state index in [9.17, 15) is 27.6 Å². The number of nitrogens with zero attached hydrogens (tertiary/aromatic N) is 7. The van der Waals surface area contributed by atoms with E-state index in [1.165, 1.54) is 34.5 Å². The molecule has 15 heteroatoms. The fourth-order valence-corrected chi connectivity index (χ4v) is 3.76. The molecular weight excluding hydrogens is 475 g/mol. The van der Waals surface area contributed by atoms with Crippen LogP contribution >= 0.6 is 0 Å². The number of alkyl halides is 2. The van der Waals surface area contributed by atoms with E-state index < -0.39 is 36.6 Å². The highest BCUT2D eigenvalue weighted by Gasteiger charge is 2.34. The van der Waals surface area contributed by atoms with Crippen LogP contribution in [-0.2, 0) is 25.7 Å². The molecule has 12 nitrogen and oxygen atoms in total. The topological polar surface area (TPSA) is 123 Å². The number of carbonyl (C=O) groups excluding carboxylic acids is 3. The molecule has 2 saturated heterocycles. The van der Waals surface area contributed by atoms with Crippen molar-refractivity contribution in [3.05, 3.63) is 30.3 Å². The number of halogens is 3. The first-order valence-electron chi connectivity index (χ1n) is 10.8. The van der Waals surface area contributed by atoms with Crippen molar-refractivity contribution in [3.63, 3.8) is 0 Å². The van der Waals surface area contributed by atoms with Gasteiger partial charge in [0.15, 0.2) is 12.1 Å². The number of tetrazole rings is 1. The SMILES string of the molecule is O=C(CC[C@H]1CN(c2ccc(N3CCON(C(=O)Cn4ncnn4)CC3)c(F)c2)C(=O)O1)C(F)F. The minimum atomic E-state index is -3.06. The smallest absolute Gasteiger partial charge is 0.414 e. The van der Waals surface area contributed by atoms with Gasteiger partial charge in [0.05, 0.1) is 31.1 Å². The summed E-state index contributed by atoms with van der Waals surface area (Å²) in [7, 11) is 0. The Kier molecular flexibility index (Phi) is 7.43. The van der Waals surface area contributed by atoms with Crippen molar-refractivity contribution >= 4 is 29.2 Å². The van der Waals surface area contributed by atoms with Crippen LogP contribution < -0.4 is 9.80 Å². The maximum Gasteiger partial charge on any atom is 0.414 e. The van der Waals surface area contributed by atoms with Crippen LogP contribution in [0, 0.1) is 5.82 Å². The largest absolute Gasteiger partial charge is 0.444 e. The summed E-state index contributed by atoms with van der Waals surface area (Å²) < 4.78 is 44.9. The molecule has 0 aliphatic carbocycles. The summed E-state index contributed by atoms with van der Waals surface area (Å²) in [5.74, 6) is -2.19. The Morgan fingerprint density at radius 1 is 1.20 bits per heavy atom. The molecule has 1 atom stereocenters. The van der Waals surface area contributed by atoms with Crippen molar-refractivity contribution in [2.75, 3.05) is 42.6 Å². The molecular formula is C20H22F3N7O5. The third-order valence-corrected chi connectivity index (χ3v) is 5.54. The van der Waals surface area contributed by atoms with E-state index in [-0.39, 0.29) is 49.9 Å². The van der Waals surface area contributed by atoms with Gasteiger partial charge in [-0.25, -0.2) is 23.0 Å². The standard InChI is InChI=1S/C20H22F3N7O5/c21-15-9-13(28-10-14(35-20(28)33)2-4-17(31)19(22)23)1-3-16(15)27-5-6-29(34-8-7-27)18(32)11-30-25-12-24-26-30/h1,3,9,12,14,19H,2,4-8,10-11H2/t14-/m0/s1. The van der Waals surface area contributed by atoms with Crippen LogP contribution in [0.1, 0.15) is 12.8 Å². The Morgan fingerprint density at radius 2 is 2.03 bits per heavy atom. The summed E-state index contributed by atoms with van der Waals surface area (Å²) >= 11 is 0. The fourth-order valence-electron chi connectivity index (χ4n) is 3.76. The van der Waals surface area contributed by atoms with E-state index in [2.05, 4.69) is 15.4 Å². The zero-order valence-electron chi connectivity index (χ0n) is 18.4. The average molecular weight is 497 g/mol. The van der Waals surface area contributed by atoms with E-state index >= 15 is 0 Å². The Labute approximate surface area is 197 Å². The number of ether oxygens (including phenoxy) is 1. The Balaban J connectivity index is 1.35. The molecule has 0 unspecified atom stereocenters. The van der Waals surface area contributed by atoms with E-state index in [0.717, 1.165) is 4.80 Å². The molecule has 0 saturated carbocycles. The molecule has 0 radical (unpaired) electrons. The lowest BCUT2D eigenvalue weighted by Crippen LogP contribution is -2.37. The summed E-state index contributed by atoms with van der Waals surface area (Å²) in [5.41, 5.74) is 0.499. The van der Waals surface area contributed by atoms with Gasteiger partial charge in [0.25, 0.3) is 12.3 Å². The number of hydroxylamine groups is 2. The third kappa shape index (κ3) is 5.85. The number of aromatic nitrogens is 4. The summed E-state index contributed by atoms with van der Waals surface area (Å²) in [6, 6.07) is 4.22. The molecule has 0 bridgehead atoms. The Hall–Kier alpha value is -3.75. The summed E-state index contributed by atoms with van der Waals surface area (Å²) in [6.45, 7) is 0.781. The van der Waals surface area contributed by atoms with Crippen LogP contribution in [0.4, 0.5) is 29.3 Å². The van der Waals surface area contributed by atoms with Gasteiger partial charge in [-0.05, 0) is 29.8 Å². The molecule has 2 aromatic rings. The monoisotopic (exact) mass is 497 g/mol. The van der Waals surface area contributed by atoms with Gasteiger partial charge in [0.2, 0.25) is 0 Å². The lowest BCUT2D eigenvalue weighted by atomic mass is 10.1. The maximum absolute atomic E-state index is 15.0. The van der Waals surface area contributed by atoms with Gasteiger partial charge in [0.1, 0.15) is 18.5 Å². The summed E-state index contributed by atoms with van der Waals surface area (Å²) in [5, 5.41) is 12.1. The first-order valence-corrected chi connectivity index (χ1v) is 10.8. The van der Waals surface area contributed by atoms with Crippen molar-refractivity contribution < 1.29 is 37.1 Å². The molecule has 1 aromatic carbocycles. The fraction of sp³-hybridized carbons (Fsp3) is 0.500. The molecule has 35 heavy (non-hydrogen) atoms. The highest BCUT2D eigenvalue weighted by atomic mass is 19.3. The Bertz CT molecular complexity index is 1070. The van der Waals surface area contributed by atoms with E-state index in [0.29, 0.717) is 13.1 Å². The second-order valence-electron chi connectivity index (χ2n) is 7.84. The number of hydrogen-bond donors (Lipinski definition) is 0. The van der Waals surface area contributed by atoms with Crippen molar-refractivity contribution in [2.45, 2.75) is 31.9 Å². The number of ketones is 1. The van der Waals surface area contributed by atoms with Crippen molar-refractivity contribution in [2.24, 2.45) is 0 Å².